The number of nitrogens with zero attached hydrogens (tertiary/aromatic N) is 5. The molecule has 1 aromatic heterocycles. The fourth-order valence-corrected chi connectivity index (χ4v) is 5.13. The Bertz CT molecular complexity index is 946. The number of carbonyl (C=O) groups excluding carboxylic acids is 1. The third-order valence-electron chi connectivity index (χ3n) is 6.11. The van der Waals surface area contributed by atoms with Crippen LogP contribution in [0, 0.1) is 0 Å². The second kappa shape index (κ2) is 13.1. The zero-order chi connectivity index (χ0) is 23.6. The van der Waals surface area contributed by atoms with Crippen molar-refractivity contribution < 1.29 is 4.79 Å². The van der Waals surface area contributed by atoms with Crippen LogP contribution in [-0.2, 0) is 4.79 Å². The van der Waals surface area contributed by atoms with Gasteiger partial charge in [-0.2, -0.15) is 0 Å². The van der Waals surface area contributed by atoms with Gasteiger partial charge in [-0.05, 0) is 31.5 Å². The van der Waals surface area contributed by atoms with Crippen molar-refractivity contribution in [3.05, 3.63) is 53.2 Å². The van der Waals surface area contributed by atoms with Crippen molar-refractivity contribution in [2.24, 2.45) is 0 Å². The van der Waals surface area contributed by atoms with E-state index in [0.717, 1.165) is 58.2 Å². The highest BCUT2D eigenvalue weighted by molar-refractivity contribution is 7.99. The molecule has 0 spiro atoms. The Kier molecular flexibility index (Phi) is 9.62. The van der Waals surface area contributed by atoms with Crippen LogP contribution in [0.4, 0.5) is 5.82 Å². The maximum atomic E-state index is 12.2. The first kappa shape index (κ1) is 25.0. The summed E-state index contributed by atoms with van der Waals surface area (Å²) in [5.41, 5.74) is 1.22. The van der Waals surface area contributed by atoms with Gasteiger partial charge >= 0.3 is 0 Å². The molecule has 1 N–H and O–H groups in total. The maximum Gasteiger partial charge on any atom is 0.230 e. The van der Waals surface area contributed by atoms with Crippen molar-refractivity contribution >= 4 is 41.2 Å². The third-order valence-corrected chi connectivity index (χ3v) is 7.15. The number of amides is 1. The molecule has 0 saturated carbocycles. The number of hydrogen-bond donors (Lipinski definition) is 1. The molecular weight excluding hydrogens is 468 g/mol. The number of aromatic nitrogens is 2. The van der Waals surface area contributed by atoms with Crippen LogP contribution < -0.4 is 10.2 Å². The smallest absolute Gasteiger partial charge is 0.230 e. The zero-order valence-corrected chi connectivity index (χ0v) is 21.1. The van der Waals surface area contributed by atoms with Gasteiger partial charge in [0.1, 0.15) is 11.0 Å². The van der Waals surface area contributed by atoms with Gasteiger partial charge in [-0.15, -0.1) is 0 Å². The highest BCUT2D eigenvalue weighted by atomic mass is 35.5. The number of hydrogen-bond acceptors (Lipinski definition) is 7. The van der Waals surface area contributed by atoms with E-state index in [1.165, 1.54) is 30.2 Å². The van der Waals surface area contributed by atoms with Crippen LogP contribution in [-0.4, -0.2) is 90.3 Å². The first-order chi connectivity index (χ1) is 16.7. The molecule has 0 atom stereocenters. The Balaban J connectivity index is 1.20. The predicted molar refractivity (Wildman–Crippen MR) is 141 cm³/mol. The lowest BCUT2D eigenvalue weighted by atomic mass is 10.2. The van der Waals surface area contributed by atoms with E-state index in [4.69, 9.17) is 11.6 Å². The monoisotopic (exact) mass is 500 g/mol. The highest BCUT2D eigenvalue weighted by Gasteiger charge is 2.19. The molecule has 3 heterocycles. The van der Waals surface area contributed by atoms with Crippen LogP contribution in [0.1, 0.15) is 18.4 Å². The van der Waals surface area contributed by atoms with Gasteiger partial charge in [-0.25, -0.2) is 9.97 Å². The SMILES string of the molecule is O=C(CSc1nc(Cl)cc(N2CCN(CC=Cc3ccccc3)CC2)n1)NCCN1CCCC1. The summed E-state index contributed by atoms with van der Waals surface area (Å²) in [6.45, 7) is 8.51. The van der Waals surface area contributed by atoms with E-state index < -0.39 is 0 Å². The molecule has 7 nitrogen and oxygen atoms in total. The highest BCUT2D eigenvalue weighted by Crippen LogP contribution is 2.23. The molecule has 2 fully saturated rings. The van der Waals surface area contributed by atoms with Crippen LogP contribution in [0.25, 0.3) is 6.08 Å². The standard InChI is InChI=1S/C25H33ClN6OS/c26-22-19-23(29-25(28-22)34-20-24(33)27-10-14-30-11-4-5-12-30)32-17-15-31(16-18-32)13-6-9-21-7-2-1-3-8-21/h1-3,6-9,19H,4-5,10-18,20H2,(H,27,33). The van der Waals surface area contributed by atoms with E-state index in [1.54, 1.807) is 0 Å². The van der Waals surface area contributed by atoms with Crippen molar-refractivity contribution in [2.45, 2.75) is 18.0 Å². The maximum absolute atomic E-state index is 12.2. The molecule has 9 heteroatoms. The Morgan fingerprint density at radius 3 is 2.56 bits per heavy atom. The zero-order valence-electron chi connectivity index (χ0n) is 19.5. The normalized spacial score (nSPS) is 17.5. The minimum Gasteiger partial charge on any atom is -0.354 e. The number of anilines is 1. The van der Waals surface area contributed by atoms with Crippen molar-refractivity contribution in [1.29, 1.82) is 0 Å². The van der Waals surface area contributed by atoms with E-state index in [9.17, 15) is 4.79 Å². The summed E-state index contributed by atoms with van der Waals surface area (Å²) in [7, 11) is 0. The summed E-state index contributed by atoms with van der Waals surface area (Å²) in [6.07, 6.45) is 6.91. The van der Waals surface area contributed by atoms with Gasteiger partial charge < -0.3 is 15.1 Å². The Morgan fingerprint density at radius 1 is 1.03 bits per heavy atom. The molecule has 4 rings (SSSR count). The number of thioether (sulfide) groups is 1. The molecule has 0 unspecified atom stereocenters. The van der Waals surface area contributed by atoms with Crippen LogP contribution >= 0.6 is 23.4 Å². The van der Waals surface area contributed by atoms with Crippen LogP contribution in [0.15, 0.2) is 47.6 Å². The summed E-state index contributed by atoms with van der Waals surface area (Å²) in [4.78, 5) is 28.3. The van der Waals surface area contributed by atoms with Gasteiger partial charge in [0.15, 0.2) is 5.16 Å². The van der Waals surface area contributed by atoms with Gasteiger partial charge in [0.2, 0.25) is 5.91 Å². The number of piperazine rings is 1. The molecule has 0 bridgehead atoms. The lowest BCUT2D eigenvalue weighted by molar-refractivity contribution is -0.118. The minimum absolute atomic E-state index is 0.00601. The number of rotatable bonds is 10. The molecule has 1 amide bonds. The molecule has 182 valence electrons. The second-order valence-corrected chi connectivity index (χ2v) is 9.95. The van der Waals surface area contributed by atoms with E-state index in [2.05, 4.69) is 66.4 Å². The average molecular weight is 501 g/mol. The van der Waals surface area contributed by atoms with Crippen molar-refractivity contribution in [2.75, 3.05) is 69.6 Å². The summed E-state index contributed by atoms with van der Waals surface area (Å²) < 4.78 is 0. The largest absolute Gasteiger partial charge is 0.354 e. The summed E-state index contributed by atoms with van der Waals surface area (Å²) in [6, 6.07) is 12.2. The lowest BCUT2D eigenvalue weighted by Gasteiger charge is -2.35. The predicted octanol–water partition coefficient (Wildman–Crippen LogP) is 3.27. The van der Waals surface area contributed by atoms with E-state index in [1.807, 2.05) is 12.1 Å². The number of likely N-dealkylation sites (tertiary alicyclic amines) is 1. The third kappa shape index (κ3) is 7.98. The first-order valence-corrected chi connectivity index (χ1v) is 13.4. The number of halogens is 1. The van der Waals surface area contributed by atoms with Crippen LogP contribution in [0.5, 0.6) is 0 Å². The van der Waals surface area contributed by atoms with Crippen molar-refractivity contribution in [3.8, 4) is 0 Å². The van der Waals surface area contributed by atoms with Crippen LogP contribution in [0.3, 0.4) is 0 Å². The minimum atomic E-state index is 0.00601. The number of benzene rings is 1. The molecule has 0 radical (unpaired) electrons. The Hall–Kier alpha value is -2.13. The molecule has 2 aliphatic heterocycles. The van der Waals surface area contributed by atoms with Crippen LogP contribution in [0.2, 0.25) is 5.15 Å². The molecule has 34 heavy (non-hydrogen) atoms. The van der Waals surface area contributed by atoms with Gasteiger partial charge in [0.25, 0.3) is 0 Å². The summed E-state index contributed by atoms with van der Waals surface area (Å²) in [5, 5.41) is 3.95. The van der Waals surface area contributed by atoms with Gasteiger partial charge in [-0.3, -0.25) is 9.69 Å². The fraction of sp³-hybridized carbons (Fsp3) is 0.480. The average Bonchev–Trinajstić information content (AvgIpc) is 3.37. The van der Waals surface area contributed by atoms with Gasteiger partial charge in [-0.1, -0.05) is 65.8 Å². The molecule has 2 aromatic rings. The molecule has 2 aliphatic rings. The molecule has 2 saturated heterocycles. The Labute approximate surface area is 211 Å². The summed E-state index contributed by atoms with van der Waals surface area (Å²) >= 11 is 7.61. The van der Waals surface area contributed by atoms with E-state index in [-0.39, 0.29) is 5.91 Å². The van der Waals surface area contributed by atoms with E-state index in [0.29, 0.717) is 22.6 Å². The number of nitrogens with one attached hydrogen (secondary N) is 1. The molecule has 1 aromatic carbocycles. The molecule has 0 aliphatic carbocycles. The molecular formula is C25H33ClN6OS. The van der Waals surface area contributed by atoms with Gasteiger partial charge in [0, 0.05) is 51.9 Å². The topological polar surface area (TPSA) is 64.6 Å². The second-order valence-electron chi connectivity index (χ2n) is 8.62. The number of carbonyl (C=O) groups is 1. The lowest BCUT2D eigenvalue weighted by Crippen LogP contribution is -2.46. The van der Waals surface area contributed by atoms with Gasteiger partial charge in [0.05, 0.1) is 5.75 Å². The van der Waals surface area contributed by atoms with Crippen molar-refractivity contribution in [3.63, 3.8) is 0 Å². The Morgan fingerprint density at radius 2 is 1.79 bits per heavy atom. The first-order valence-electron chi connectivity index (χ1n) is 12.0. The van der Waals surface area contributed by atoms with E-state index >= 15 is 0 Å². The van der Waals surface area contributed by atoms with Crippen molar-refractivity contribution in [1.82, 2.24) is 25.1 Å². The quantitative estimate of drug-likeness (QED) is 0.305. The fourth-order valence-electron chi connectivity index (χ4n) is 4.21. The summed E-state index contributed by atoms with van der Waals surface area (Å²) in [5.74, 6) is 1.13.